The third-order valence-corrected chi connectivity index (χ3v) is 6.09. The highest BCUT2D eigenvalue weighted by molar-refractivity contribution is 6.04. The molecule has 0 aliphatic heterocycles. The summed E-state index contributed by atoms with van der Waals surface area (Å²) in [4.78, 5) is 9.38. The average molecular weight is 352 g/mol. The molecule has 1 heterocycles. The largest absolute Gasteiger partial charge is 0.236 e. The predicted octanol–water partition coefficient (Wildman–Crippen LogP) is 6.39. The summed E-state index contributed by atoms with van der Waals surface area (Å²) in [6.07, 6.45) is 1.71. The molecule has 0 N–H and O–H groups in total. The van der Waals surface area contributed by atoms with E-state index < -0.39 is 0 Å². The van der Waals surface area contributed by atoms with Gasteiger partial charge in [-0.1, -0.05) is 77.1 Å². The molecule has 0 saturated carbocycles. The zero-order valence-electron chi connectivity index (χ0n) is 16.6. The Bertz CT molecular complexity index is 1230. The maximum atomic E-state index is 4.73. The van der Waals surface area contributed by atoms with E-state index in [0.29, 0.717) is 0 Å². The molecular weight excluding hydrogens is 328 g/mol. The lowest BCUT2D eigenvalue weighted by atomic mass is 9.67. The van der Waals surface area contributed by atoms with E-state index in [1.54, 1.807) is 6.33 Å². The Hall–Kier alpha value is -2.74. The summed E-state index contributed by atoms with van der Waals surface area (Å²) in [6.45, 7) is 11.5. The zero-order chi connectivity index (χ0) is 19.0. The van der Waals surface area contributed by atoms with Gasteiger partial charge in [0.1, 0.15) is 6.33 Å². The summed E-state index contributed by atoms with van der Waals surface area (Å²) in [6, 6.07) is 17.8. The quantitative estimate of drug-likeness (QED) is 0.366. The topological polar surface area (TPSA) is 25.8 Å². The van der Waals surface area contributed by atoms with Gasteiger partial charge in [0, 0.05) is 16.4 Å². The Morgan fingerprint density at radius 1 is 0.889 bits per heavy atom. The van der Waals surface area contributed by atoms with Crippen LogP contribution in [0.5, 0.6) is 0 Å². The van der Waals surface area contributed by atoms with Crippen molar-refractivity contribution in [2.24, 2.45) is 0 Å². The molecule has 0 bridgehead atoms. The molecule has 4 aromatic rings. The first-order valence-electron chi connectivity index (χ1n) is 9.61. The predicted molar refractivity (Wildman–Crippen MR) is 113 cm³/mol. The van der Waals surface area contributed by atoms with E-state index in [-0.39, 0.29) is 10.8 Å². The van der Waals surface area contributed by atoms with Crippen molar-refractivity contribution in [3.8, 4) is 11.3 Å². The Morgan fingerprint density at radius 3 is 2.44 bits per heavy atom. The van der Waals surface area contributed by atoms with Gasteiger partial charge in [-0.25, -0.2) is 9.97 Å². The summed E-state index contributed by atoms with van der Waals surface area (Å²) < 4.78 is 0. The van der Waals surface area contributed by atoms with Gasteiger partial charge in [0.15, 0.2) is 0 Å². The van der Waals surface area contributed by atoms with Gasteiger partial charge in [0.2, 0.25) is 0 Å². The first kappa shape index (κ1) is 16.4. The van der Waals surface area contributed by atoms with E-state index in [4.69, 9.17) is 4.98 Å². The van der Waals surface area contributed by atoms with E-state index in [9.17, 15) is 0 Å². The van der Waals surface area contributed by atoms with Crippen LogP contribution < -0.4 is 0 Å². The minimum atomic E-state index is -0.118. The zero-order valence-corrected chi connectivity index (χ0v) is 16.6. The average Bonchev–Trinajstić information content (AvgIpc) is 2.64. The van der Waals surface area contributed by atoms with Crippen LogP contribution in [0.4, 0.5) is 0 Å². The molecule has 0 spiro atoms. The van der Waals surface area contributed by atoms with Crippen molar-refractivity contribution in [3.63, 3.8) is 0 Å². The summed E-state index contributed by atoms with van der Waals surface area (Å²) in [5.41, 5.74) is 7.35. The van der Waals surface area contributed by atoms with Crippen molar-refractivity contribution in [1.82, 2.24) is 9.97 Å². The number of rotatable bonds is 0. The minimum absolute atomic E-state index is 0.0743. The molecule has 1 aliphatic rings. The first-order chi connectivity index (χ1) is 12.8. The van der Waals surface area contributed by atoms with Crippen molar-refractivity contribution in [3.05, 3.63) is 71.5 Å². The lowest BCUT2D eigenvalue weighted by Gasteiger charge is -2.36. The fourth-order valence-electron chi connectivity index (χ4n) is 4.60. The first-order valence-corrected chi connectivity index (χ1v) is 9.61. The second-order valence-corrected chi connectivity index (χ2v) is 9.22. The van der Waals surface area contributed by atoms with Crippen molar-refractivity contribution >= 4 is 21.7 Å². The van der Waals surface area contributed by atoms with E-state index in [1.807, 2.05) is 0 Å². The number of aromatic nitrogens is 2. The summed E-state index contributed by atoms with van der Waals surface area (Å²) in [5.74, 6) is 0. The van der Waals surface area contributed by atoms with Gasteiger partial charge in [-0.3, -0.25) is 0 Å². The molecule has 2 nitrogen and oxygen atoms in total. The molecule has 0 amide bonds. The third kappa shape index (κ3) is 2.19. The normalized spacial score (nSPS) is 15.1. The molecule has 1 aliphatic carbocycles. The van der Waals surface area contributed by atoms with Gasteiger partial charge in [0.25, 0.3) is 0 Å². The van der Waals surface area contributed by atoms with Gasteiger partial charge in [-0.2, -0.15) is 0 Å². The highest BCUT2D eigenvalue weighted by atomic mass is 14.8. The molecule has 0 atom stereocenters. The number of fused-ring (bicyclic) bond motifs is 4. The Balaban J connectivity index is 1.99. The lowest BCUT2D eigenvalue weighted by molar-refractivity contribution is 0.584. The number of benzene rings is 3. The van der Waals surface area contributed by atoms with Crippen molar-refractivity contribution < 1.29 is 0 Å². The molecule has 27 heavy (non-hydrogen) atoms. The Labute approximate surface area is 160 Å². The molecule has 0 fully saturated rings. The Kier molecular flexibility index (Phi) is 3.14. The fourth-order valence-corrected chi connectivity index (χ4v) is 4.60. The highest BCUT2D eigenvalue weighted by Crippen LogP contribution is 2.50. The van der Waals surface area contributed by atoms with Crippen LogP contribution in [0.3, 0.4) is 0 Å². The standard InChI is InChI=1S/C25H24N2/c1-24(2,3)16-12-19-21-20(13-16)26-14-27-23(21)18-11-10-15-8-6-7-9-17(15)22(18)25(19,4)5/h6-14H,1-5H3. The van der Waals surface area contributed by atoms with E-state index in [0.717, 1.165) is 11.2 Å². The van der Waals surface area contributed by atoms with Crippen molar-refractivity contribution in [2.45, 2.75) is 45.4 Å². The Morgan fingerprint density at radius 2 is 1.67 bits per heavy atom. The number of nitrogens with zero attached hydrogens (tertiary/aromatic N) is 2. The van der Waals surface area contributed by atoms with Crippen LogP contribution in [0, 0.1) is 0 Å². The molecule has 3 aromatic carbocycles. The van der Waals surface area contributed by atoms with Gasteiger partial charge >= 0.3 is 0 Å². The van der Waals surface area contributed by atoms with Crippen LogP contribution in [0.25, 0.3) is 32.9 Å². The van der Waals surface area contributed by atoms with Gasteiger partial charge in [0.05, 0.1) is 11.2 Å². The molecule has 0 unspecified atom stereocenters. The van der Waals surface area contributed by atoms with Crippen LogP contribution in [0.1, 0.15) is 51.3 Å². The maximum absolute atomic E-state index is 4.73. The second kappa shape index (κ2) is 5.16. The van der Waals surface area contributed by atoms with Crippen molar-refractivity contribution in [1.29, 1.82) is 0 Å². The summed E-state index contributed by atoms with van der Waals surface area (Å²) in [5, 5.41) is 3.81. The van der Waals surface area contributed by atoms with Crippen LogP contribution in [-0.4, -0.2) is 9.97 Å². The molecule has 134 valence electrons. The maximum Gasteiger partial charge on any atom is 0.116 e. The van der Waals surface area contributed by atoms with Crippen molar-refractivity contribution in [2.75, 3.05) is 0 Å². The van der Waals surface area contributed by atoms with Crippen LogP contribution in [0.2, 0.25) is 0 Å². The molecule has 5 rings (SSSR count). The van der Waals surface area contributed by atoms with E-state index >= 15 is 0 Å². The van der Waals surface area contributed by atoms with Crippen LogP contribution >= 0.6 is 0 Å². The second-order valence-electron chi connectivity index (χ2n) is 9.22. The lowest BCUT2D eigenvalue weighted by Crippen LogP contribution is -2.26. The minimum Gasteiger partial charge on any atom is -0.236 e. The van der Waals surface area contributed by atoms with Crippen LogP contribution in [0.15, 0.2) is 54.9 Å². The molecule has 1 aromatic heterocycles. The number of hydrogen-bond acceptors (Lipinski definition) is 2. The van der Waals surface area contributed by atoms with Gasteiger partial charge in [-0.05, 0) is 38.9 Å². The smallest absolute Gasteiger partial charge is 0.116 e. The highest BCUT2D eigenvalue weighted by Gasteiger charge is 2.36. The van der Waals surface area contributed by atoms with E-state index in [1.165, 1.54) is 38.4 Å². The van der Waals surface area contributed by atoms with Gasteiger partial charge in [-0.15, -0.1) is 0 Å². The SMILES string of the molecule is CC(C)(C)c1cc2c3c(ncnc3c1)-c1ccc3ccccc3c1C2(C)C. The summed E-state index contributed by atoms with van der Waals surface area (Å²) >= 11 is 0. The molecule has 2 heteroatoms. The molecule has 0 radical (unpaired) electrons. The molecular formula is C25H24N2. The fraction of sp³-hybridized carbons (Fsp3) is 0.280. The number of hydrogen-bond donors (Lipinski definition) is 0. The van der Waals surface area contributed by atoms with Crippen LogP contribution in [-0.2, 0) is 10.8 Å². The van der Waals surface area contributed by atoms with E-state index in [2.05, 4.69) is 88.1 Å². The third-order valence-electron chi connectivity index (χ3n) is 6.09. The molecule has 0 saturated heterocycles. The monoisotopic (exact) mass is 352 g/mol. The van der Waals surface area contributed by atoms with Gasteiger partial charge < -0.3 is 0 Å². The summed E-state index contributed by atoms with van der Waals surface area (Å²) in [7, 11) is 0.